The van der Waals surface area contributed by atoms with Crippen LogP contribution in [0.15, 0.2) is 54.6 Å². The summed E-state index contributed by atoms with van der Waals surface area (Å²) in [7, 11) is 0. The fraction of sp³-hybridized carbons (Fsp3) is 0.188. The summed E-state index contributed by atoms with van der Waals surface area (Å²) in [5, 5.41) is 11.0. The minimum absolute atomic E-state index is 0.108. The molecule has 0 heterocycles. The average Bonchev–Trinajstić information content (AvgIpc) is 2.40. The summed E-state index contributed by atoms with van der Waals surface area (Å²) in [6.45, 7) is 4.31. The number of hydrogen-bond acceptors (Lipinski definition) is 1. The molecule has 0 aliphatic rings. The molecule has 2 aromatic carbocycles. The summed E-state index contributed by atoms with van der Waals surface area (Å²) in [5.41, 5.74) is 2.85. The number of anilines is 1. The Labute approximate surface area is 112 Å². The van der Waals surface area contributed by atoms with Crippen molar-refractivity contribution in [2.24, 2.45) is 0 Å². The van der Waals surface area contributed by atoms with Gasteiger partial charge in [0.05, 0.1) is 0 Å². The molecule has 3 heteroatoms. The number of rotatable bonds is 3. The van der Waals surface area contributed by atoms with Crippen molar-refractivity contribution in [1.29, 1.82) is 0 Å². The Morgan fingerprint density at radius 1 is 0.947 bits per heavy atom. The van der Waals surface area contributed by atoms with Crippen LogP contribution in [0.3, 0.4) is 0 Å². The Morgan fingerprint density at radius 2 is 1.47 bits per heavy atom. The van der Waals surface area contributed by atoms with Crippen LogP contribution >= 0.6 is 0 Å². The smallest absolute Gasteiger partial charge is 0.409 e. The molecule has 2 aromatic rings. The average molecular weight is 255 g/mol. The van der Waals surface area contributed by atoms with E-state index in [4.69, 9.17) is 5.11 Å². The predicted octanol–water partition coefficient (Wildman–Crippen LogP) is 4.10. The molecule has 1 amide bonds. The van der Waals surface area contributed by atoms with E-state index in [-0.39, 0.29) is 5.41 Å². The molecular weight excluding hydrogens is 238 g/mol. The molecule has 3 nitrogen and oxygen atoms in total. The van der Waals surface area contributed by atoms with E-state index in [0.717, 1.165) is 5.56 Å². The summed E-state index contributed by atoms with van der Waals surface area (Å²) >= 11 is 0. The van der Waals surface area contributed by atoms with Crippen LogP contribution < -0.4 is 5.32 Å². The molecule has 0 spiro atoms. The molecule has 0 saturated heterocycles. The number of nitrogens with one attached hydrogen (secondary N) is 1. The van der Waals surface area contributed by atoms with Gasteiger partial charge in [-0.3, -0.25) is 5.32 Å². The molecule has 0 aromatic heterocycles. The van der Waals surface area contributed by atoms with E-state index in [2.05, 4.69) is 31.3 Å². The van der Waals surface area contributed by atoms with Gasteiger partial charge < -0.3 is 5.11 Å². The van der Waals surface area contributed by atoms with Crippen molar-refractivity contribution < 1.29 is 9.90 Å². The van der Waals surface area contributed by atoms with Crippen LogP contribution in [0.25, 0.3) is 0 Å². The summed E-state index contributed by atoms with van der Waals surface area (Å²) in [4.78, 5) is 10.6. The molecule has 0 unspecified atom stereocenters. The molecule has 98 valence electrons. The maximum Gasteiger partial charge on any atom is 0.409 e. The van der Waals surface area contributed by atoms with Gasteiger partial charge in [0.15, 0.2) is 0 Å². The van der Waals surface area contributed by atoms with E-state index < -0.39 is 6.09 Å². The number of carbonyl (C=O) groups is 1. The zero-order valence-electron chi connectivity index (χ0n) is 11.1. The van der Waals surface area contributed by atoms with Crippen LogP contribution in [0.5, 0.6) is 0 Å². The van der Waals surface area contributed by atoms with Crippen LogP contribution in [-0.4, -0.2) is 11.2 Å². The quantitative estimate of drug-likeness (QED) is 0.867. The van der Waals surface area contributed by atoms with Crippen molar-refractivity contribution in [2.45, 2.75) is 19.3 Å². The zero-order chi connectivity index (χ0) is 13.9. The molecule has 0 aliphatic heterocycles. The van der Waals surface area contributed by atoms with Crippen LogP contribution in [0.2, 0.25) is 0 Å². The molecule has 0 aliphatic carbocycles. The van der Waals surface area contributed by atoms with Gasteiger partial charge in [0, 0.05) is 11.1 Å². The lowest BCUT2D eigenvalue weighted by atomic mass is 9.78. The molecule has 0 atom stereocenters. The Balaban J connectivity index is 2.29. The predicted molar refractivity (Wildman–Crippen MR) is 76.7 cm³/mol. The first-order valence-electron chi connectivity index (χ1n) is 6.16. The SMILES string of the molecule is CC(C)(c1ccccc1)c1ccc(NC(=O)O)cc1. The van der Waals surface area contributed by atoms with Crippen LogP contribution in [-0.2, 0) is 5.41 Å². The molecule has 2 rings (SSSR count). The van der Waals surface area contributed by atoms with Gasteiger partial charge >= 0.3 is 6.09 Å². The van der Waals surface area contributed by atoms with E-state index in [1.54, 1.807) is 12.1 Å². The number of carboxylic acid groups (broad SMARTS) is 1. The lowest BCUT2D eigenvalue weighted by Crippen LogP contribution is -2.18. The van der Waals surface area contributed by atoms with Gasteiger partial charge in [0.1, 0.15) is 0 Å². The second-order valence-corrected chi connectivity index (χ2v) is 5.00. The lowest BCUT2D eigenvalue weighted by Gasteiger charge is -2.26. The first-order chi connectivity index (χ1) is 9.00. The molecule has 2 N–H and O–H groups in total. The van der Waals surface area contributed by atoms with E-state index in [1.807, 2.05) is 30.3 Å². The maximum absolute atomic E-state index is 10.6. The van der Waals surface area contributed by atoms with Gasteiger partial charge in [-0.1, -0.05) is 56.3 Å². The van der Waals surface area contributed by atoms with Gasteiger partial charge in [-0.25, -0.2) is 4.79 Å². The third-order valence-electron chi connectivity index (χ3n) is 3.35. The number of amides is 1. The summed E-state index contributed by atoms with van der Waals surface area (Å²) < 4.78 is 0. The van der Waals surface area contributed by atoms with Gasteiger partial charge in [-0.05, 0) is 23.3 Å². The van der Waals surface area contributed by atoms with Crippen molar-refractivity contribution in [3.05, 3.63) is 65.7 Å². The van der Waals surface area contributed by atoms with Crippen LogP contribution in [0.4, 0.5) is 10.5 Å². The lowest BCUT2D eigenvalue weighted by molar-refractivity contribution is 0.210. The molecule has 0 radical (unpaired) electrons. The van der Waals surface area contributed by atoms with E-state index in [1.165, 1.54) is 5.56 Å². The minimum Gasteiger partial charge on any atom is -0.465 e. The van der Waals surface area contributed by atoms with Crippen molar-refractivity contribution in [3.8, 4) is 0 Å². The van der Waals surface area contributed by atoms with Crippen LogP contribution in [0.1, 0.15) is 25.0 Å². The maximum atomic E-state index is 10.6. The van der Waals surface area contributed by atoms with E-state index >= 15 is 0 Å². The molecule has 0 bridgehead atoms. The van der Waals surface area contributed by atoms with E-state index in [0.29, 0.717) is 5.69 Å². The van der Waals surface area contributed by atoms with Crippen molar-refractivity contribution >= 4 is 11.8 Å². The van der Waals surface area contributed by atoms with Gasteiger partial charge in [0.25, 0.3) is 0 Å². The fourth-order valence-corrected chi connectivity index (χ4v) is 2.12. The Morgan fingerprint density at radius 3 is 2.00 bits per heavy atom. The zero-order valence-corrected chi connectivity index (χ0v) is 11.1. The molecular formula is C16H17NO2. The summed E-state index contributed by atoms with van der Waals surface area (Å²) in [6.07, 6.45) is -1.05. The molecule has 19 heavy (non-hydrogen) atoms. The topological polar surface area (TPSA) is 49.3 Å². The Hall–Kier alpha value is -2.29. The third kappa shape index (κ3) is 2.94. The number of benzene rings is 2. The Bertz CT molecular complexity index is 559. The van der Waals surface area contributed by atoms with Gasteiger partial charge in [0.2, 0.25) is 0 Å². The highest BCUT2D eigenvalue weighted by atomic mass is 16.4. The normalized spacial score (nSPS) is 11.1. The monoisotopic (exact) mass is 255 g/mol. The second kappa shape index (κ2) is 5.14. The fourth-order valence-electron chi connectivity index (χ4n) is 2.12. The highest BCUT2D eigenvalue weighted by molar-refractivity contribution is 5.82. The van der Waals surface area contributed by atoms with Crippen molar-refractivity contribution in [2.75, 3.05) is 5.32 Å². The standard InChI is InChI=1S/C16H17NO2/c1-16(2,12-6-4-3-5-7-12)13-8-10-14(11-9-13)17-15(18)19/h3-11,17H,1-2H3,(H,18,19). The highest BCUT2D eigenvalue weighted by Gasteiger charge is 2.22. The molecule has 0 fully saturated rings. The van der Waals surface area contributed by atoms with Crippen LogP contribution in [0, 0.1) is 0 Å². The highest BCUT2D eigenvalue weighted by Crippen LogP contribution is 2.31. The first-order valence-corrected chi connectivity index (χ1v) is 6.16. The van der Waals surface area contributed by atoms with Crippen molar-refractivity contribution in [1.82, 2.24) is 0 Å². The van der Waals surface area contributed by atoms with Gasteiger partial charge in [-0.2, -0.15) is 0 Å². The molecule has 0 saturated carbocycles. The minimum atomic E-state index is -1.05. The third-order valence-corrected chi connectivity index (χ3v) is 3.35. The Kier molecular flexibility index (Phi) is 3.56. The van der Waals surface area contributed by atoms with Crippen molar-refractivity contribution in [3.63, 3.8) is 0 Å². The summed E-state index contributed by atoms with van der Waals surface area (Å²) in [5.74, 6) is 0. The largest absolute Gasteiger partial charge is 0.465 e. The van der Waals surface area contributed by atoms with Gasteiger partial charge in [-0.15, -0.1) is 0 Å². The number of hydrogen-bond donors (Lipinski definition) is 2. The van der Waals surface area contributed by atoms with E-state index in [9.17, 15) is 4.79 Å². The summed E-state index contributed by atoms with van der Waals surface area (Å²) in [6, 6.07) is 17.7. The first kappa shape index (κ1) is 13.1. The second-order valence-electron chi connectivity index (χ2n) is 5.00.